The number of carbonyl (C=O) groups excluding carboxylic acids is 1. The molecule has 0 saturated carbocycles. The van der Waals surface area contributed by atoms with Crippen LogP contribution in [0.5, 0.6) is 0 Å². The van der Waals surface area contributed by atoms with Crippen molar-refractivity contribution >= 4 is 37.5 Å². The van der Waals surface area contributed by atoms with Crippen LogP contribution in [0, 0.1) is 6.92 Å². The van der Waals surface area contributed by atoms with E-state index in [2.05, 4.69) is 21.2 Å². The van der Waals surface area contributed by atoms with E-state index in [9.17, 15) is 13.2 Å². The molecule has 0 bridgehead atoms. The van der Waals surface area contributed by atoms with E-state index in [1.807, 2.05) is 60.4 Å². The first-order valence-corrected chi connectivity index (χ1v) is 11.5. The van der Waals surface area contributed by atoms with Gasteiger partial charge in [-0.1, -0.05) is 46.3 Å². The quantitative estimate of drug-likeness (QED) is 0.711. The first-order valence-electron chi connectivity index (χ1n) is 9.13. The third-order valence-electron chi connectivity index (χ3n) is 4.75. The van der Waals surface area contributed by atoms with Crippen molar-refractivity contribution < 1.29 is 13.2 Å². The van der Waals surface area contributed by atoms with Crippen LogP contribution in [-0.2, 0) is 20.6 Å². The molecule has 0 atom stereocenters. The Morgan fingerprint density at radius 3 is 2.39 bits per heavy atom. The average molecular weight is 466 g/mol. The Balaban J connectivity index is 1.50. The number of anilines is 1. The number of carbonyl (C=O) groups is 1. The Morgan fingerprint density at radius 1 is 1.07 bits per heavy atom. The van der Waals surface area contributed by atoms with Gasteiger partial charge in [-0.3, -0.25) is 9.69 Å². The third-order valence-corrected chi connectivity index (χ3v) is 7.09. The van der Waals surface area contributed by atoms with Gasteiger partial charge in [0, 0.05) is 36.3 Å². The lowest BCUT2D eigenvalue weighted by Gasteiger charge is -2.33. The Morgan fingerprint density at radius 2 is 1.75 bits per heavy atom. The molecule has 0 radical (unpaired) electrons. The van der Waals surface area contributed by atoms with Gasteiger partial charge in [0.2, 0.25) is 15.9 Å². The van der Waals surface area contributed by atoms with Gasteiger partial charge in [0.25, 0.3) is 0 Å². The molecular weight excluding hydrogens is 442 g/mol. The molecule has 0 aromatic heterocycles. The number of nitrogens with one attached hydrogen (secondary N) is 1. The molecule has 2 aromatic carbocycles. The Hall–Kier alpha value is -1.74. The zero-order chi connectivity index (χ0) is 20.1. The van der Waals surface area contributed by atoms with Gasteiger partial charge in [-0.25, -0.2) is 8.42 Å². The number of benzene rings is 2. The lowest BCUT2D eigenvalue weighted by Crippen LogP contribution is -2.50. The van der Waals surface area contributed by atoms with E-state index in [0.717, 1.165) is 21.3 Å². The van der Waals surface area contributed by atoms with Crippen LogP contribution >= 0.6 is 15.9 Å². The fraction of sp³-hybridized carbons (Fsp3) is 0.350. The van der Waals surface area contributed by atoms with Crippen molar-refractivity contribution in [1.29, 1.82) is 0 Å². The summed E-state index contributed by atoms with van der Waals surface area (Å²) in [6, 6.07) is 14.9. The minimum atomic E-state index is -3.34. The van der Waals surface area contributed by atoms with Gasteiger partial charge >= 0.3 is 0 Å². The molecule has 0 spiro atoms. The molecular formula is C20H24BrN3O3S. The number of rotatable bonds is 6. The molecule has 3 rings (SSSR count). The molecule has 8 heteroatoms. The summed E-state index contributed by atoms with van der Waals surface area (Å²) in [4.78, 5) is 14.3. The molecule has 1 amide bonds. The number of aryl methyl sites for hydroxylation is 1. The highest BCUT2D eigenvalue weighted by Gasteiger charge is 2.27. The van der Waals surface area contributed by atoms with E-state index in [1.165, 1.54) is 4.31 Å². The van der Waals surface area contributed by atoms with Gasteiger partial charge in [0.05, 0.1) is 12.3 Å². The molecule has 1 saturated heterocycles. The standard InChI is InChI=1S/C20H24BrN3O3S/c1-16-13-18(21)7-8-19(16)22-20(25)14-23-9-11-24(12-10-23)28(26,27)15-17-5-3-2-4-6-17/h2-8,13H,9-12,14-15H2,1H3,(H,22,25). The van der Waals surface area contributed by atoms with E-state index in [-0.39, 0.29) is 18.2 Å². The SMILES string of the molecule is Cc1cc(Br)ccc1NC(=O)CN1CCN(S(=O)(=O)Cc2ccccc2)CC1. The Kier molecular flexibility index (Phi) is 6.87. The smallest absolute Gasteiger partial charge is 0.238 e. The average Bonchev–Trinajstić information content (AvgIpc) is 2.65. The van der Waals surface area contributed by atoms with E-state index < -0.39 is 10.0 Å². The highest BCUT2D eigenvalue weighted by molar-refractivity contribution is 9.10. The van der Waals surface area contributed by atoms with Crippen molar-refractivity contribution in [2.24, 2.45) is 0 Å². The highest BCUT2D eigenvalue weighted by Crippen LogP contribution is 2.20. The summed E-state index contributed by atoms with van der Waals surface area (Å²) >= 11 is 3.41. The van der Waals surface area contributed by atoms with Crippen molar-refractivity contribution in [2.45, 2.75) is 12.7 Å². The zero-order valence-corrected chi connectivity index (χ0v) is 18.2. The maximum absolute atomic E-state index is 12.6. The topological polar surface area (TPSA) is 69.7 Å². The number of piperazine rings is 1. The molecule has 1 heterocycles. The van der Waals surface area contributed by atoms with Gasteiger partial charge < -0.3 is 5.32 Å². The van der Waals surface area contributed by atoms with Gasteiger partial charge in [-0.05, 0) is 36.2 Å². The second-order valence-corrected chi connectivity index (χ2v) is 9.81. The van der Waals surface area contributed by atoms with Crippen molar-refractivity contribution in [3.8, 4) is 0 Å². The van der Waals surface area contributed by atoms with Crippen LogP contribution in [0.15, 0.2) is 53.0 Å². The molecule has 28 heavy (non-hydrogen) atoms. The van der Waals surface area contributed by atoms with E-state index in [1.54, 1.807) is 0 Å². The Bertz CT molecular complexity index is 927. The van der Waals surface area contributed by atoms with Crippen LogP contribution in [0.3, 0.4) is 0 Å². The summed E-state index contributed by atoms with van der Waals surface area (Å²) < 4.78 is 27.7. The number of hydrogen-bond donors (Lipinski definition) is 1. The first kappa shape index (κ1) is 21.0. The number of nitrogens with zero attached hydrogens (tertiary/aromatic N) is 2. The van der Waals surface area contributed by atoms with Crippen molar-refractivity contribution in [3.05, 3.63) is 64.1 Å². The van der Waals surface area contributed by atoms with Crippen molar-refractivity contribution in [2.75, 3.05) is 38.0 Å². The van der Waals surface area contributed by atoms with Crippen molar-refractivity contribution in [1.82, 2.24) is 9.21 Å². The summed E-state index contributed by atoms with van der Waals surface area (Å²) in [7, 11) is -3.34. The van der Waals surface area contributed by atoms with E-state index in [0.29, 0.717) is 26.2 Å². The van der Waals surface area contributed by atoms with Crippen LogP contribution in [0.1, 0.15) is 11.1 Å². The molecule has 1 fully saturated rings. The van der Waals surface area contributed by atoms with Gasteiger partial charge in [0.1, 0.15) is 0 Å². The lowest BCUT2D eigenvalue weighted by atomic mass is 10.2. The molecule has 150 valence electrons. The molecule has 1 N–H and O–H groups in total. The summed E-state index contributed by atoms with van der Waals surface area (Å²) in [5.74, 6) is -0.0806. The second-order valence-electron chi connectivity index (χ2n) is 6.92. The molecule has 2 aromatic rings. The predicted molar refractivity (Wildman–Crippen MR) is 115 cm³/mol. The lowest BCUT2D eigenvalue weighted by molar-refractivity contribution is -0.117. The highest BCUT2D eigenvalue weighted by atomic mass is 79.9. The molecule has 1 aliphatic rings. The fourth-order valence-electron chi connectivity index (χ4n) is 3.20. The predicted octanol–water partition coefficient (Wildman–Crippen LogP) is 2.84. The third kappa shape index (κ3) is 5.64. The maximum Gasteiger partial charge on any atom is 0.238 e. The minimum absolute atomic E-state index is 0.0111. The second kappa shape index (κ2) is 9.17. The molecule has 6 nitrogen and oxygen atoms in total. The largest absolute Gasteiger partial charge is 0.325 e. The van der Waals surface area contributed by atoms with E-state index >= 15 is 0 Å². The summed E-state index contributed by atoms with van der Waals surface area (Å²) in [5, 5.41) is 2.93. The Labute approximate surface area is 174 Å². The number of amides is 1. The van der Waals surface area contributed by atoms with E-state index in [4.69, 9.17) is 0 Å². The van der Waals surface area contributed by atoms with Crippen LogP contribution in [-0.4, -0.2) is 56.3 Å². The molecule has 0 unspecified atom stereocenters. The number of hydrogen-bond acceptors (Lipinski definition) is 4. The fourth-order valence-corrected chi connectivity index (χ4v) is 5.19. The first-order chi connectivity index (χ1) is 13.3. The summed E-state index contributed by atoms with van der Waals surface area (Å²) in [6.07, 6.45) is 0. The van der Waals surface area contributed by atoms with Crippen LogP contribution in [0.2, 0.25) is 0 Å². The van der Waals surface area contributed by atoms with Crippen LogP contribution in [0.25, 0.3) is 0 Å². The molecule has 1 aliphatic heterocycles. The number of sulfonamides is 1. The zero-order valence-electron chi connectivity index (χ0n) is 15.8. The summed E-state index contributed by atoms with van der Waals surface area (Å²) in [5.41, 5.74) is 2.56. The normalized spacial score (nSPS) is 16.1. The number of halogens is 1. The van der Waals surface area contributed by atoms with Crippen LogP contribution < -0.4 is 5.32 Å². The van der Waals surface area contributed by atoms with Crippen LogP contribution in [0.4, 0.5) is 5.69 Å². The maximum atomic E-state index is 12.6. The monoisotopic (exact) mass is 465 g/mol. The van der Waals surface area contributed by atoms with Gasteiger partial charge in [0.15, 0.2) is 0 Å². The van der Waals surface area contributed by atoms with Gasteiger partial charge in [-0.2, -0.15) is 4.31 Å². The molecule has 0 aliphatic carbocycles. The minimum Gasteiger partial charge on any atom is -0.325 e. The van der Waals surface area contributed by atoms with Gasteiger partial charge in [-0.15, -0.1) is 0 Å². The van der Waals surface area contributed by atoms with Crippen molar-refractivity contribution in [3.63, 3.8) is 0 Å². The summed E-state index contributed by atoms with van der Waals surface area (Å²) in [6.45, 7) is 4.08.